The van der Waals surface area contributed by atoms with Gasteiger partial charge in [0.2, 0.25) is 0 Å². The van der Waals surface area contributed by atoms with Crippen molar-refractivity contribution >= 4 is 27.3 Å². The van der Waals surface area contributed by atoms with Crippen LogP contribution in [0.25, 0.3) is 0 Å². The normalized spacial score (nSPS) is 18.7. The third kappa shape index (κ3) is 3.00. The molecule has 1 aliphatic heterocycles. The lowest BCUT2D eigenvalue weighted by molar-refractivity contribution is 0.0590. The summed E-state index contributed by atoms with van der Waals surface area (Å²) in [6.07, 6.45) is 0.766. The van der Waals surface area contributed by atoms with Crippen LogP contribution in [-0.4, -0.2) is 68.9 Å². The van der Waals surface area contributed by atoms with Crippen LogP contribution in [0.15, 0.2) is 9.72 Å². The first-order valence-electron chi connectivity index (χ1n) is 6.17. The van der Waals surface area contributed by atoms with Crippen molar-refractivity contribution in [3.05, 3.63) is 11.2 Å². The highest BCUT2D eigenvalue weighted by atomic mass is 32.2. The number of nitrogens with zero attached hydrogens (tertiary/aromatic N) is 3. The zero-order chi connectivity index (χ0) is 14.8. The van der Waals surface area contributed by atoms with Crippen molar-refractivity contribution in [1.29, 1.82) is 0 Å². The van der Waals surface area contributed by atoms with E-state index in [0.29, 0.717) is 19.6 Å². The van der Waals surface area contributed by atoms with Gasteiger partial charge in [0.05, 0.1) is 12.6 Å². The largest absolute Gasteiger partial charge is 0.464 e. The number of rotatable bonds is 3. The average Bonchev–Trinajstić information content (AvgIpc) is 2.81. The molecule has 1 saturated heterocycles. The summed E-state index contributed by atoms with van der Waals surface area (Å²) in [5, 5.41) is 0. The molecule has 1 fully saturated rings. The third-order valence-corrected chi connectivity index (χ3v) is 6.41. The van der Waals surface area contributed by atoms with E-state index in [2.05, 4.69) is 14.6 Å². The highest BCUT2D eigenvalue weighted by molar-refractivity contribution is 7.91. The number of hydrogen-bond acceptors (Lipinski definition) is 7. The van der Waals surface area contributed by atoms with Gasteiger partial charge in [-0.25, -0.2) is 18.2 Å². The molecule has 2 heterocycles. The average molecular weight is 319 g/mol. The molecule has 1 aromatic rings. The van der Waals surface area contributed by atoms with E-state index in [0.717, 1.165) is 24.3 Å². The highest BCUT2D eigenvalue weighted by Gasteiger charge is 2.32. The molecule has 0 spiro atoms. The smallest absolute Gasteiger partial charge is 0.358 e. The Hall–Kier alpha value is -1.03. The van der Waals surface area contributed by atoms with E-state index in [1.54, 1.807) is 0 Å². The van der Waals surface area contributed by atoms with Crippen LogP contribution in [0.3, 0.4) is 0 Å². The second-order valence-electron chi connectivity index (χ2n) is 4.54. The van der Waals surface area contributed by atoms with Gasteiger partial charge in [-0.05, 0) is 20.0 Å². The lowest BCUT2D eigenvalue weighted by Gasteiger charge is -2.19. The number of sulfonamides is 1. The molecule has 2 rings (SSSR count). The number of methoxy groups -OCH3 is 1. The second-order valence-corrected chi connectivity index (χ2v) is 7.53. The van der Waals surface area contributed by atoms with E-state index in [9.17, 15) is 13.2 Å². The first-order valence-corrected chi connectivity index (χ1v) is 8.49. The van der Waals surface area contributed by atoms with Gasteiger partial charge in [0.1, 0.15) is 0 Å². The molecular weight excluding hydrogens is 302 g/mol. The summed E-state index contributed by atoms with van der Waals surface area (Å²) in [6.45, 7) is 2.40. The summed E-state index contributed by atoms with van der Waals surface area (Å²) < 4.78 is 31.2. The summed E-state index contributed by atoms with van der Waals surface area (Å²) in [5.74, 6) is -0.725. The lowest BCUT2D eigenvalue weighted by Crippen LogP contribution is -2.34. The fourth-order valence-corrected chi connectivity index (χ4v) is 4.77. The fourth-order valence-electron chi connectivity index (χ4n) is 2.03. The van der Waals surface area contributed by atoms with Crippen LogP contribution in [0, 0.1) is 0 Å². The van der Waals surface area contributed by atoms with Crippen molar-refractivity contribution in [2.75, 3.05) is 40.3 Å². The van der Waals surface area contributed by atoms with Gasteiger partial charge in [0, 0.05) is 19.6 Å². The molecule has 0 unspecified atom stereocenters. The van der Waals surface area contributed by atoms with Gasteiger partial charge in [-0.15, -0.1) is 11.3 Å². The lowest BCUT2D eigenvalue weighted by atomic mass is 10.4. The molecule has 1 aromatic heterocycles. The molecule has 0 bridgehead atoms. The van der Waals surface area contributed by atoms with Crippen molar-refractivity contribution in [3.63, 3.8) is 0 Å². The zero-order valence-electron chi connectivity index (χ0n) is 11.4. The molecule has 0 saturated carbocycles. The summed E-state index contributed by atoms with van der Waals surface area (Å²) in [6, 6.07) is 0. The van der Waals surface area contributed by atoms with E-state index in [1.807, 2.05) is 7.05 Å². The van der Waals surface area contributed by atoms with Crippen LogP contribution in [0.5, 0.6) is 0 Å². The van der Waals surface area contributed by atoms with E-state index < -0.39 is 16.0 Å². The van der Waals surface area contributed by atoms with Gasteiger partial charge >= 0.3 is 5.97 Å². The molecule has 0 aromatic carbocycles. The Morgan fingerprint density at radius 3 is 2.80 bits per heavy atom. The third-order valence-electron chi connectivity index (χ3n) is 3.17. The standard InChI is InChI=1S/C11H17N3O4S2/c1-13-4-3-5-14(7-6-13)20(16,17)11-9(10(15)18-2)12-8-19-11/h8H,3-7H2,1-2H3. The Labute approximate surface area is 122 Å². The molecule has 112 valence electrons. The van der Waals surface area contributed by atoms with Gasteiger partial charge in [-0.3, -0.25) is 0 Å². The van der Waals surface area contributed by atoms with Crippen molar-refractivity contribution in [1.82, 2.24) is 14.2 Å². The van der Waals surface area contributed by atoms with E-state index >= 15 is 0 Å². The SMILES string of the molecule is COC(=O)c1ncsc1S(=O)(=O)N1CCCN(C)CC1. The molecular formula is C11H17N3O4S2. The van der Waals surface area contributed by atoms with Crippen molar-refractivity contribution in [2.24, 2.45) is 0 Å². The van der Waals surface area contributed by atoms with Gasteiger partial charge in [0.25, 0.3) is 10.0 Å². The molecule has 20 heavy (non-hydrogen) atoms. The Bertz CT molecular complexity index is 584. The van der Waals surface area contributed by atoms with E-state index in [1.165, 1.54) is 16.9 Å². The summed E-state index contributed by atoms with van der Waals surface area (Å²) in [7, 11) is -0.521. The first-order chi connectivity index (χ1) is 9.46. The monoisotopic (exact) mass is 319 g/mol. The second kappa shape index (κ2) is 6.17. The molecule has 0 radical (unpaired) electrons. The molecule has 0 amide bonds. The van der Waals surface area contributed by atoms with E-state index in [-0.39, 0.29) is 9.90 Å². The predicted molar refractivity (Wildman–Crippen MR) is 74.3 cm³/mol. The molecule has 0 aliphatic carbocycles. The maximum atomic E-state index is 12.6. The number of carbonyl (C=O) groups excluding carboxylic acids is 1. The summed E-state index contributed by atoms with van der Waals surface area (Å²) in [5.41, 5.74) is 1.22. The van der Waals surface area contributed by atoms with E-state index in [4.69, 9.17) is 0 Å². The minimum absolute atomic E-state index is 0.0334. The van der Waals surface area contributed by atoms with Crippen molar-refractivity contribution < 1.29 is 17.9 Å². The molecule has 0 N–H and O–H groups in total. The molecule has 1 aliphatic rings. The van der Waals surface area contributed by atoms with Crippen LogP contribution in [0.1, 0.15) is 16.9 Å². The predicted octanol–water partition coefficient (Wildman–Crippen LogP) is 0.256. The zero-order valence-corrected chi connectivity index (χ0v) is 13.0. The van der Waals surface area contributed by atoms with Gasteiger partial charge in [-0.1, -0.05) is 0 Å². The molecule has 7 nitrogen and oxygen atoms in total. The number of hydrogen-bond donors (Lipinski definition) is 0. The quantitative estimate of drug-likeness (QED) is 0.743. The van der Waals surface area contributed by atoms with Gasteiger partial charge < -0.3 is 9.64 Å². The summed E-state index contributed by atoms with van der Waals surface area (Å²) >= 11 is 0.946. The minimum atomic E-state index is -3.69. The topological polar surface area (TPSA) is 79.8 Å². The van der Waals surface area contributed by atoms with Crippen LogP contribution in [0.2, 0.25) is 0 Å². The van der Waals surface area contributed by atoms with Crippen molar-refractivity contribution in [3.8, 4) is 0 Å². The Kier molecular flexibility index (Phi) is 4.74. The molecule has 0 atom stereocenters. The number of thiazole rings is 1. The first kappa shape index (κ1) is 15.4. The number of likely N-dealkylation sites (N-methyl/N-ethyl adjacent to an activating group) is 1. The Morgan fingerprint density at radius 2 is 2.10 bits per heavy atom. The minimum Gasteiger partial charge on any atom is -0.464 e. The maximum absolute atomic E-state index is 12.6. The van der Waals surface area contributed by atoms with Crippen LogP contribution in [0.4, 0.5) is 0 Å². The molecule has 9 heteroatoms. The van der Waals surface area contributed by atoms with Gasteiger partial charge in [-0.2, -0.15) is 4.31 Å². The van der Waals surface area contributed by atoms with Crippen LogP contribution in [-0.2, 0) is 14.8 Å². The highest BCUT2D eigenvalue weighted by Crippen LogP contribution is 2.25. The maximum Gasteiger partial charge on any atom is 0.358 e. The number of esters is 1. The van der Waals surface area contributed by atoms with Crippen LogP contribution >= 0.6 is 11.3 Å². The number of carbonyl (C=O) groups is 1. The Morgan fingerprint density at radius 1 is 1.35 bits per heavy atom. The Balaban J connectivity index is 2.30. The summed E-state index contributed by atoms with van der Waals surface area (Å²) in [4.78, 5) is 17.5. The number of aromatic nitrogens is 1. The van der Waals surface area contributed by atoms with Gasteiger partial charge in [0.15, 0.2) is 9.90 Å². The number of ether oxygens (including phenoxy) is 1. The van der Waals surface area contributed by atoms with Crippen LogP contribution < -0.4 is 0 Å². The van der Waals surface area contributed by atoms with Crippen molar-refractivity contribution in [2.45, 2.75) is 10.6 Å². The fraction of sp³-hybridized carbons (Fsp3) is 0.636.